The number of benzene rings is 2. The van der Waals surface area contributed by atoms with Crippen LogP contribution in [0.5, 0.6) is 0 Å². The molecule has 0 unspecified atom stereocenters. The average molecular weight is 414 g/mol. The third-order valence-electron chi connectivity index (χ3n) is 4.42. The number of halogens is 1. The summed E-state index contributed by atoms with van der Waals surface area (Å²) >= 11 is 3.42. The van der Waals surface area contributed by atoms with Crippen molar-refractivity contribution >= 4 is 44.3 Å². The number of H-pyrrole nitrogens is 1. The Kier molecular flexibility index (Phi) is 5.13. The zero-order valence-corrected chi connectivity index (χ0v) is 16.5. The zero-order valence-electron chi connectivity index (χ0n) is 14.9. The monoisotopic (exact) mass is 413 g/mol. The lowest BCUT2D eigenvalue weighted by Gasteiger charge is -2.08. The largest absolute Gasteiger partial charge is 0.358 e. The number of aryl methyl sites for hydroxylation is 3. The fraction of sp³-hybridized carbons (Fsp3) is 0.200. The van der Waals surface area contributed by atoms with E-state index in [2.05, 4.69) is 31.5 Å². The van der Waals surface area contributed by atoms with Gasteiger partial charge < -0.3 is 15.6 Å². The van der Waals surface area contributed by atoms with Gasteiger partial charge in [-0.15, -0.1) is 0 Å². The maximum Gasteiger partial charge on any atom is 0.251 e. The van der Waals surface area contributed by atoms with Gasteiger partial charge in [0.25, 0.3) is 5.91 Å². The summed E-state index contributed by atoms with van der Waals surface area (Å²) in [6.45, 7) is 5.88. The van der Waals surface area contributed by atoms with Crippen molar-refractivity contribution in [2.75, 3.05) is 11.9 Å². The number of aromatic amines is 1. The molecule has 0 atom stereocenters. The van der Waals surface area contributed by atoms with E-state index in [1.165, 1.54) is 0 Å². The summed E-state index contributed by atoms with van der Waals surface area (Å²) in [5.41, 5.74) is 5.47. The molecule has 5 nitrogen and oxygen atoms in total. The molecule has 0 aliphatic rings. The maximum atomic E-state index is 12.4. The van der Waals surface area contributed by atoms with Crippen LogP contribution in [0.25, 0.3) is 10.9 Å². The van der Waals surface area contributed by atoms with Gasteiger partial charge in [0, 0.05) is 32.3 Å². The van der Waals surface area contributed by atoms with Crippen LogP contribution < -0.4 is 10.6 Å². The number of hydrogen-bond acceptors (Lipinski definition) is 2. The molecule has 1 heterocycles. The SMILES string of the molecule is Cc1cc(NC(=O)CNC(=O)c2ccc3[nH]c(C)c(C)c3c2)ccc1Br. The number of nitrogens with one attached hydrogen (secondary N) is 3. The number of rotatable bonds is 4. The molecule has 134 valence electrons. The van der Waals surface area contributed by atoms with Crippen LogP contribution in [0, 0.1) is 20.8 Å². The van der Waals surface area contributed by atoms with Crippen LogP contribution in [-0.2, 0) is 4.79 Å². The molecule has 2 aromatic carbocycles. The van der Waals surface area contributed by atoms with E-state index >= 15 is 0 Å². The molecule has 6 heteroatoms. The molecule has 0 aliphatic carbocycles. The molecule has 2 amide bonds. The van der Waals surface area contributed by atoms with E-state index in [1.54, 1.807) is 6.07 Å². The highest BCUT2D eigenvalue weighted by Gasteiger charge is 2.11. The Balaban J connectivity index is 1.63. The first kappa shape index (κ1) is 18.2. The van der Waals surface area contributed by atoms with Crippen molar-refractivity contribution in [2.45, 2.75) is 20.8 Å². The zero-order chi connectivity index (χ0) is 18.8. The molecule has 3 aromatic rings. The normalized spacial score (nSPS) is 10.8. The minimum atomic E-state index is -0.271. The Labute approximate surface area is 160 Å². The molecule has 0 bridgehead atoms. The second-order valence-electron chi connectivity index (χ2n) is 6.33. The summed E-state index contributed by atoms with van der Waals surface area (Å²) in [5.74, 6) is -0.540. The molecular weight excluding hydrogens is 394 g/mol. The van der Waals surface area contributed by atoms with Gasteiger partial charge in [0.1, 0.15) is 0 Å². The van der Waals surface area contributed by atoms with Gasteiger partial charge in [-0.25, -0.2) is 0 Å². The van der Waals surface area contributed by atoms with Crippen LogP contribution in [0.1, 0.15) is 27.2 Å². The van der Waals surface area contributed by atoms with E-state index < -0.39 is 0 Å². The third-order valence-corrected chi connectivity index (χ3v) is 5.31. The summed E-state index contributed by atoms with van der Waals surface area (Å²) in [6, 6.07) is 11.0. The number of amides is 2. The lowest BCUT2D eigenvalue weighted by atomic mass is 10.1. The van der Waals surface area contributed by atoms with Gasteiger partial charge in [-0.3, -0.25) is 9.59 Å². The molecule has 0 saturated carbocycles. The fourth-order valence-corrected chi connectivity index (χ4v) is 3.04. The van der Waals surface area contributed by atoms with E-state index in [4.69, 9.17) is 0 Å². The van der Waals surface area contributed by atoms with Crippen molar-refractivity contribution in [1.82, 2.24) is 10.3 Å². The van der Waals surface area contributed by atoms with Crippen molar-refractivity contribution < 1.29 is 9.59 Å². The molecule has 0 radical (unpaired) electrons. The Morgan fingerprint density at radius 2 is 1.85 bits per heavy atom. The van der Waals surface area contributed by atoms with Crippen molar-refractivity contribution in [3.63, 3.8) is 0 Å². The molecular formula is C20H20BrN3O2. The lowest BCUT2D eigenvalue weighted by Crippen LogP contribution is -2.32. The number of hydrogen-bond donors (Lipinski definition) is 3. The summed E-state index contributed by atoms with van der Waals surface area (Å²) in [4.78, 5) is 27.7. The second kappa shape index (κ2) is 7.33. The minimum absolute atomic E-state index is 0.0862. The first-order valence-electron chi connectivity index (χ1n) is 8.28. The van der Waals surface area contributed by atoms with Crippen LogP contribution in [0.3, 0.4) is 0 Å². The van der Waals surface area contributed by atoms with Crippen molar-refractivity contribution in [1.29, 1.82) is 0 Å². The van der Waals surface area contributed by atoms with E-state index in [9.17, 15) is 9.59 Å². The highest BCUT2D eigenvalue weighted by Crippen LogP contribution is 2.22. The number of fused-ring (bicyclic) bond motifs is 1. The van der Waals surface area contributed by atoms with E-state index in [-0.39, 0.29) is 18.4 Å². The third kappa shape index (κ3) is 3.80. The smallest absolute Gasteiger partial charge is 0.251 e. The van der Waals surface area contributed by atoms with Crippen LogP contribution in [0.2, 0.25) is 0 Å². The molecule has 0 fully saturated rings. The lowest BCUT2D eigenvalue weighted by molar-refractivity contribution is -0.115. The van der Waals surface area contributed by atoms with Crippen molar-refractivity contribution in [2.24, 2.45) is 0 Å². The molecule has 3 N–H and O–H groups in total. The van der Waals surface area contributed by atoms with Gasteiger partial charge in [0.05, 0.1) is 6.54 Å². The maximum absolute atomic E-state index is 12.4. The molecule has 26 heavy (non-hydrogen) atoms. The van der Waals surface area contributed by atoms with Crippen LogP contribution in [-0.4, -0.2) is 23.3 Å². The molecule has 3 rings (SSSR count). The molecule has 1 aromatic heterocycles. The Hall–Kier alpha value is -2.60. The van der Waals surface area contributed by atoms with Gasteiger partial charge in [0.15, 0.2) is 0 Å². The summed E-state index contributed by atoms with van der Waals surface area (Å²) in [7, 11) is 0. The molecule has 0 spiro atoms. The number of carbonyl (C=O) groups is 2. The van der Waals surface area contributed by atoms with Gasteiger partial charge in [-0.2, -0.15) is 0 Å². The number of aromatic nitrogens is 1. The first-order chi connectivity index (χ1) is 12.3. The van der Waals surface area contributed by atoms with Crippen LogP contribution in [0.15, 0.2) is 40.9 Å². The molecule has 0 saturated heterocycles. The quantitative estimate of drug-likeness (QED) is 0.598. The van der Waals surface area contributed by atoms with Gasteiger partial charge in [0.2, 0.25) is 5.91 Å². The predicted molar refractivity (Wildman–Crippen MR) is 108 cm³/mol. The van der Waals surface area contributed by atoms with Gasteiger partial charge in [-0.1, -0.05) is 15.9 Å². The van der Waals surface area contributed by atoms with Gasteiger partial charge >= 0.3 is 0 Å². The highest BCUT2D eigenvalue weighted by atomic mass is 79.9. The number of carbonyl (C=O) groups excluding carboxylic acids is 2. The summed E-state index contributed by atoms with van der Waals surface area (Å²) < 4.78 is 0.981. The minimum Gasteiger partial charge on any atom is -0.358 e. The predicted octanol–water partition coefficient (Wildman–Crippen LogP) is 4.22. The molecule has 0 aliphatic heterocycles. The fourth-order valence-electron chi connectivity index (χ4n) is 2.79. The topological polar surface area (TPSA) is 74.0 Å². The van der Waals surface area contributed by atoms with Crippen molar-refractivity contribution in [3.8, 4) is 0 Å². The number of anilines is 1. The Bertz CT molecular complexity index is 1010. The second-order valence-corrected chi connectivity index (χ2v) is 7.18. The average Bonchev–Trinajstić information content (AvgIpc) is 2.90. The van der Waals surface area contributed by atoms with Gasteiger partial charge in [-0.05, 0) is 68.3 Å². The van der Waals surface area contributed by atoms with E-state index in [0.717, 1.165) is 32.2 Å². The summed E-state index contributed by atoms with van der Waals surface area (Å²) in [6.07, 6.45) is 0. The Morgan fingerprint density at radius 1 is 1.08 bits per heavy atom. The standard InChI is InChI=1S/C20H20BrN3O2/c1-11-8-15(5-6-17(11)21)24-19(25)10-22-20(26)14-4-7-18-16(9-14)12(2)13(3)23-18/h4-9,23H,10H2,1-3H3,(H,22,26)(H,24,25). The first-order valence-corrected chi connectivity index (χ1v) is 9.07. The van der Waals surface area contributed by atoms with Crippen LogP contribution >= 0.6 is 15.9 Å². The van der Waals surface area contributed by atoms with E-state index in [0.29, 0.717) is 11.3 Å². The van der Waals surface area contributed by atoms with Crippen molar-refractivity contribution in [3.05, 3.63) is 63.3 Å². The highest BCUT2D eigenvalue weighted by molar-refractivity contribution is 9.10. The van der Waals surface area contributed by atoms with E-state index in [1.807, 2.05) is 51.1 Å². The van der Waals surface area contributed by atoms with Crippen LogP contribution in [0.4, 0.5) is 5.69 Å². The summed E-state index contributed by atoms with van der Waals surface area (Å²) in [5, 5.41) is 6.46. The Morgan fingerprint density at radius 3 is 2.58 bits per heavy atom.